The van der Waals surface area contributed by atoms with Gasteiger partial charge < -0.3 is 10.1 Å². The predicted molar refractivity (Wildman–Crippen MR) is 71.4 cm³/mol. The van der Waals surface area contributed by atoms with Crippen molar-refractivity contribution in [2.45, 2.75) is 31.7 Å². The molecule has 1 atom stereocenters. The topological polar surface area (TPSA) is 62.1 Å². The standard InChI is InChI=1S/C15H18N2O2/c1-12(14(18)17-15(11-16)8-9-15)7-10-19-13-5-3-2-4-6-13/h2-6,12H,7-10H2,1H3,(H,17,18)/t12-/m0/s1. The van der Waals surface area contributed by atoms with Crippen LogP contribution < -0.4 is 10.1 Å². The van der Waals surface area contributed by atoms with E-state index in [1.54, 1.807) is 0 Å². The van der Waals surface area contributed by atoms with Gasteiger partial charge in [-0.15, -0.1) is 0 Å². The first-order valence-corrected chi connectivity index (χ1v) is 6.56. The zero-order valence-electron chi connectivity index (χ0n) is 11.1. The van der Waals surface area contributed by atoms with Crippen molar-refractivity contribution in [2.24, 2.45) is 5.92 Å². The summed E-state index contributed by atoms with van der Waals surface area (Å²) in [4.78, 5) is 11.9. The Balaban J connectivity index is 1.71. The molecule has 1 aromatic rings. The Morgan fingerprint density at radius 2 is 2.16 bits per heavy atom. The second-order valence-electron chi connectivity index (χ2n) is 5.03. The molecule has 1 N–H and O–H groups in total. The number of benzene rings is 1. The molecule has 0 aromatic heterocycles. The van der Waals surface area contributed by atoms with E-state index in [9.17, 15) is 4.79 Å². The number of hydrogen-bond acceptors (Lipinski definition) is 3. The van der Waals surface area contributed by atoms with E-state index in [1.807, 2.05) is 37.3 Å². The van der Waals surface area contributed by atoms with Crippen LogP contribution in [0.25, 0.3) is 0 Å². The molecular weight excluding hydrogens is 240 g/mol. The number of carbonyl (C=O) groups is 1. The Morgan fingerprint density at radius 1 is 1.47 bits per heavy atom. The van der Waals surface area contributed by atoms with Crippen molar-refractivity contribution in [1.29, 1.82) is 5.26 Å². The highest BCUT2D eigenvalue weighted by molar-refractivity contribution is 5.80. The van der Waals surface area contributed by atoms with Gasteiger partial charge in [0, 0.05) is 5.92 Å². The van der Waals surface area contributed by atoms with E-state index in [2.05, 4.69) is 11.4 Å². The van der Waals surface area contributed by atoms with Gasteiger partial charge in [0.2, 0.25) is 5.91 Å². The highest BCUT2D eigenvalue weighted by Crippen LogP contribution is 2.34. The summed E-state index contributed by atoms with van der Waals surface area (Å²) < 4.78 is 5.55. The van der Waals surface area contributed by atoms with Crippen LogP contribution >= 0.6 is 0 Å². The minimum Gasteiger partial charge on any atom is -0.494 e. The molecule has 4 nitrogen and oxygen atoms in total. The van der Waals surface area contributed by atoms with Crippen molar-refractivity contribution in [1.82, 2.24) is 5.32 Å². The van der Waals surface area contributed by atoms with Crippen molar-refractivity contribution < 1.29 is 9.53 Å². The molecular formula is C15H18N2O2. The number of carbonyl (C=O) groups excluding carboxylic acids is 1. The van der Waals surface area contributed by atoms with E-state index in [0.29, 0.717) is 13.0 Å². The first-order valence-electron chi connectivity index (χ1n) is 6.56. The van der Waals surface area contributed by atoms with Crippen LogP contribution in [-0.4, -0.2) is 18.1 Å². The maximum absolute atomic E-state index is 11.9. The molecule has 1 aromatic carbocycles. The van der Waals surface area contributed by atoms with Crippen LogP contribution in [0, 0.1) is 17.2 Å². The smallest absolute Gasteiger partial charge is 0.224 e. The molecule has 1 saturated carbocycles. The number of hydrogen-bond donors (Lipinski definition) is 1. The Morgan fingerprint density at radius 3 is 2.74 bits per heavy atom. The third kappa shape index (κ3) is 3.72. The summed E-state index contributed by atoms with van der Waals surface area (Å²) in [6.07, 6.45) is 2.17. The zero-order valence-corrected chi connectivity index (χ0v) is 11.1. The molecule has 100 valence electrons. The summed E-state index contributed by atoms with van der Waals surface area (Å²) in [6.45, 7) is 2.36. The van der Waals surface area contributed by atoms with Crippen LogP contribution in [0.2, 0.25) is 0 Å². The molecule has 19 heavy (non-hydrogen) atoms. The first kappa shape index (κ1) is 13.4. The van der Waals surface area contributed by atoms with Gasteiger partial charge in [-0.2, -0.15) is 5.26 Å². The van der Waals surface area contributed by atoms with Crippen molar-refractivity contribution >= 4 is 5.91 Å². The fourth-order valence-electron chi connectivity index (χ4n) is 1.75. The van der Waals surface area contributed by atoms with Gasteiger partial charge in [-0.25, -0.2) is 0 Å². The number of nitrogens with zero attached hydrogens (tertiary/aromatic N) is 1. The average Bonchev–Trinajstić information content (AvgIpc) is 3.20. The van der Waals surface area contributed by atoms with Crippen LogP contribution in [0.4, 0.5) is 0 Å². The average molecular weight is 258 g/mol. The summed E-state index contributed by atoms with van der Waals surface area (Å²) in [5.41, 5.74) is -0.578. The second-order valence-corrected chi connectivity index (χ2v) is 5.03. The summed E-state index contributed by atoms with van der Waals surface area (Å²) in [5, 5.41) is 11.7. The van der Waals surface area contributed by atoms with Gasteiger partial charge in [0.05, 0.1) is 12.7 Å². The lowest BCUT2D eigenvalue weighted by Gasteiger charge is -2.15. The van der Waals surface area contributed by atoms with Crippen molar-refractivity contribution in [3.05, 3.63) is 30.3 Å². The lowest BCUT2D eigenvalue weighted by atomic mass is 10.1. The number of rotatable bonds is 6. The van der Waals surface area contributed by atoms with Gasteiger partial charge in [-0.05, 0) is 31.4 Å². The second kappa shape index (κ2) is 5.75. The van der Waals surface area contributed by atoms with Gasteiger partial charge in [0.1, 0.15) is 11.3 Å². The molecule has 0 spiro atoms. The van der Waals surface area contributed by atoms with Crippen molar-refractivity contribution in [3.8, 4) is 11.8 Å². The largest absolute Gasteiger partial charge is 0.494 e. The van der Waals surface area contributed by atoms with E-state index < -0.39 is 5.54 Å². The monoisotopic (exact) mass is 258 g/mol. The third-order valence-electron chi connectivity index (χ3n) is 3.34. The highest BCUT2D eigenvalue weighted by Gasteiger charge is 2.45. The summed E-state index contributed by atoms with van der Waals surface area (Å²) in [5.74, 6) is 0.607. The highest BCUT2D eigenvalue weighted by atomic mass is 16.5. The summed E-state index contributed by atoms with van der Waals surface area (Å²) in [7, 11) is 0. The van der Waals surface area contributed by atoms with Crippen LogP contribution in [0.5, 0.6) is 5.75 Å². The number of nitrogens with one attached hydrogen (secondary N) is 1. The molecule has 0 saturated heterocycles. The minimum absolute atomic E-state index is 0.0595. The summed E-state index contributed by atoms with van der Waals surface area (Å²) in [6, 6.07) is 11.7. The number of nitriles is 1. The van der Waals surface area contributed by atoms with Crippen molar-refractivity contribution in [2.75, 3.05) is 6.61 Å². The minimum atomic E-state index is -0.578. The number of amides is 1. The summed E-state index contributed by atoms with van der Waals surface area (Å²) >= 11 is 0. The van der Waals surface area contributed by atoms with Crippen LogP contribution in [0.3, 0.4) is 0 Å². The molecule has 1 aliphatic rings. The maximum atomic E-state index is 11.9. The van der Waals surface area contributed by atoms with Gasteiger partial charge in [0.15, 0.2) is 0 Å². The van der Waals surface area contributed by atoms with Gasteiger partial charge >= 0.3 is 0 Å². The SMILES string of the molecule is C[C@@H](CCOc1ccccc1)C(=O)NC1(C#N)CC1. The fraction of sp³-hybridized carbons (Fsp3) is 0.467. The van der Waals surface area contributed by atoms with Crippen molar-refractivity contribution in [3.63, 3.8) is 0 Å². The molecule has 0 unspecified atom stereocenters. The van der Waals surface area contributed by atoms with E-state index in [1.165, 1.54) is 0 Å². The molecule has 1 fully saturated rings. The molecule has 1 amide bonds. The molecule has 1 aliphatic carbocycles. The molecule has 0 bridgehead atoms. The van der Waals surface area contributed by atoms with Gasteiger partial charge in [0.25, 0.3) is 0 Å². The Hall–Kier alpha value is -2.02. The third-order valence-corrected chi connectivity index (χ3v) is 3.34. The quantitative estimate of drug-likeness (QED) is 0.851. The van der Waals surface area contributed by atoms with Gasteiger partial charge in [-0.1, -0.05) is 25.1 Å². The Labute approximate surface area is 113 Å². The Kier molecular flexibility index (Phi) is 4.06. The number of ether oxygens (including phenoxy) is 1. The number of para-hydroxylation sites is 1. The zero-order chi connectivity index (χ0) is 13.7. The molecule has 4 heteroatoms. The first-order chi connectivity index (χ1) is 9.15. The Bertz CT molecular complexity index is 475. The lowest BCUT2D eigenvalue weighted by molar-refractivity contribution is -0.125. The van der Waals surface area contributed by atoms with E-state index in [-0.39, 0.29) is 11.8 Å². The molecule has 0 aliphatic heterocycles. The van der Waals surface area contributed by atoms with E-state index in [0.717, 1.165) is 18.6 Å². The van der Waals surface area contributed by atoms with E-state index >= 15 is 0 Å². The molecule has 0 radical (unpaired) electrons. The fourth-order valence-corrected chi connectivity index (χ4v) is 1.75. The van der Waals surface area contributed by atoms with Crippen LogP contribution in [-0.2, 0) is 4.79 Å². The molecule has 0 heterocycles. The molecule has 2 rings (SSSR count). The normalized spacial score (nSPS) is 17.1. The lowest BCUT2D eigenvalue weighted by Crippen LogP contribution is -2.39. The predicted octanol–water partition coefficient (Wildman–Crippen LogP) is 2.26. The van der Waals surface area contributed by atoms with Gasteiger partial charge in [-0.3, -0.25) is 4.79 Å². The van der Waals surface area contributed by atoms with Crippen LogP contribution in [0.1, 0.15) is 26.2 Å². The maximum Gasteiger partial charge on any atom is 0.224 e. The van der Waals surface area contributed by atoms with E-state index in [4.69, 9.17) is 10.00 Å². The van der Waals surface area contributed by atoms with Crippen LogP contribution in [0.15, 0.2) is 30.3 Å².